The van der Waals surface area contributed by atoms with Gasteiger partial charge in [0.15, 0.2) is 11.5 Å². The molecule has 0 unspecified atom stereocenters. The first-order valence-electron chi connectivity index (χ1n) is 13.5. The van der Waals surface area contributed by atoms with Crippen molar-refractivity contribution in [1.82, 2.24) is 0 Å². The zero-order chi connectivity index (χ0) is 29.9. The van der Waals surface area contributed by atoms with Crippen molar-refractivity contribution in [3.05, 3.63) is 101 Å². The fourth-order valence-electron chi connectivity index (χ4n) is 5.35. The van der Waals surface area contributed by atoms with Crippen molar-refractivity contribution in [3.8, 4) is 34.1 Å². The first-order chi connectivity index (χ1) is 20.2. The first-order valence-corrected chi connectivity index (χ1v) is 13.9. The summed E-state index contributed by atoms with van der Waals surface area (Å²) >= 11 is 6.54. The van der Waals surface area contributed by atoms with E-state index in [2.05, 4.69) is 43.5 Å². The average molecular weight is 585 g/mol. The molecule has 0 atom stereocenters. The van der Waals surface area contributed by atoms with Gasteiger partial charge in [-0.1, -0.05) is 54.1 Å². The number of methoxy groups -OCH3 is 2. The molecule has 0 radical (unpaired) electrons. The lowest BCUT2D eigenvalue weighted by molar-refractivity contribution is 0.150. The summed E-state index contributed by atoms with van der Waals surface area (Å²) in [5, 5.41) is 7.41. The van der Waals surface area contributed by atoms with Crippen LogP contribution >= 0.6 is 11.6 Å². The fraction of sp³-hybridized carbons (Fsp3) is 0.206. The summed E-state index contributed by atoms with van der Waals surface area (Å²) in [7, 11) is 3.17. The van der Waals surface area contributed by atoms with Crippen molar-refractivity contribution in [3.63, 3.8) is 0 Å². The minimum absolute atomic E-state index is 0.0745. The monoisotopic (exact) mass is 584 g/mol. The van der Waals surface area contributed by atoms with Crippen molar-refractivity contribution in [2.75, 3.05) is 24.9 Å². The standard InChI is InChI=1S/C34H33ClN2O5/c1-21-19-34(2,3)37-28-18-16-23(25(30(21)28)20-36-27-13-9-10-14-29(27)39-4)24-15-17-26(35)32(31(24)40-5)42-33(38)41-22-11-7-6-8-12-22/h6-19,36-37H,20H2,1-5H3. The molecule has 0 saturated heterocycles. The van der Waals surface area contributed by atoms with Crippen LogP contribution in [0.4, 0.5) is 16.2 Å². The van der Waals surface area contributed by atoms with Crippen LogP contribution in [-0.2, 0) is 6.54 Å². The van der Waals surface area contributed by atoms with E-state index in [1.807, 2.05) is 42.5 Å². The molecule has 2 N–H and O–H groups in total. The second kappa shape index (κ2) is 12.1. The Morgan fingerprint density at radius 3 is 2.31 bits per heavy atom. The molecule has 7 nitrogen and oxygen atoms in total. The molecule has 1 aliphatic heterocycles. The Balaban J connectivity index is 1.60. The Labute approximate surface area is 251 Å². The topological polar surface area (TPSA) is 78.1 Å². The SMILES string of the molecule is COc1ccccc1NCc1c(-c2ccc(Cl)c(OC(=O)Oc3ccccc3)c2OC)ccc2c1C(C)=CC(C)(C)N2. The van der Waals surface area contributed by atoms with Crippen LogP contribution in [0.3, 0.4) is 0 Å². The summed E-state index contributed by atoms with van der Waals surface area (Å²) in [6.45, 7) is 6.87. The molecule has 0 amide bonds. The number of anilines is 2. The maximum absolute atomic E-state index is 12.7. The van der Waals surface area contributed by atoms with Crippen LogP contribution in [0, 0.1) is 0 Å². The lowest BCUT2D eigenvalue weighted by Gasteiger charge is -2.33. The van der Waals surface area contributed by atoms with E-state index in [0.29, 0.717) is 23.6 Å². The normalized spacial score (nSPS) is 13.2. The molecule has 42 heavy (non-hydrogen) atoms. The Kier molecular flexibility index (Phi) is 8.31. The van der Waals surface area contributed by atoms with E-state index >= 15 is 0 Å². The van der Waals surface area contributed by atoms with Gasteiger partial charge < -0.3 is 29.6 Å². The van der Waals surface area contributed by atoms with E-state index in [0.717, 1.165) is 39.4 Å². The third kappa shape index (κ3) is 6.02. The molecule has 4 aromatic rings. The number of carbonyl (C=O) groups excluding carboxylic acids is 1. The number of para-hydroxylation sites is 3. The van der Waals surface area contributed by atoms with E-state index in [1.165, 1.54) is 7.11 Å². The lowest BCUT2D eigenvalue weighted by atomic mass is 9.85. The third-order valence-electron chi connectivity index (χ3n) is 6.99. The maximum Gasteiger partial charge on any atom is 0.519 e. The number of hydrogen-bond donors (Lipinski definition) is 2. The highest BCUT2D eigenvalue weighted by atomic mass is 35.5. The van der Waals surface area contributed by atoms with Gasteiger partial charge in [-0.15, -0.1) is 0 Å². The number of fused-ring (bicyclic) bond motifs is 1. The van der Waals surface area contributed by atoms with Gasteiger partial charge in [-0.2, -0.15) is 0 Å². The molecule has 0 aliphatic carbocycles. The van der Waals surface area contributed by atoms with Crippen molar-refractivity contribution >= 4 is 34.7 Å². The highest BCUT2D eigenvalue weighted by Crippen LogP contribution is 2.47. The minimum Gasteiger partial charge on any atom is -0.495 e. The van der Waals surface area contributed by atoms with E-state index in [4.69, 9.17) is 30.5 Å². The molecule has 216 valence electrons. The lowest BCUT2D eigenvalue weighted by Crippen LogP contribution is -2.32. The number of hydrogen-bond acceptors (Lipinski definition) is 7. The molecule has 8 heteroatoms. The molecule has 5 rings (SSSR count). The highest BCUT2D eigenvalue weighted by Gasteiger charge is 2.28. The van der Waals surface area contributed by atoms with Gasteiger partial charge in [0.1, 0.15) is 11.5 Å². The highest BCUT2D eigenvalue weighted by molar-refractivity contribution is 6.32. The van der Waals surface area contributed by atoms with Crippen LogP contribution in [0.15, 0.2) is 84.9 Å². The molecule has 0 spiro atoms. The summed E-state index contributed by atoms with van der Waals surface area (Å²) in [5.74, 6) is 1.49. The fourth-order valence-corrected chi connectivity index (χ4v) is 5.53. The second-order valence-electron chi connectivity index (χ2n) is 10.5. The van der Waals surface area contributed by atoms with Crippen molar-refractivity contribution < 1.29 is 23.7 Å². The Morgan fingerprint density at radius 1 is 0.857 bits per heavy atom. The van der Waals surface area contributed by atoms with Crippen LogP contribution in [0.25, 0.3) is 16.7 Å². The third-order valence-corrected chi connectivity index (χ3v) is 7.29. The number of benzene rings is 4. The summed E-state index contributed by atoms with van der Waals surface area (Å²) in [6.07, 6.45) is 1.30. The number of allylic oxidation sites excluding steroid dienone is 1. The number of carbonyl (C=O) groups is 1. The molecule has 4 aromatic carbocycles. The smallest absolute Gasteiger partial charge is 0.495 e. The molecule has 0 bridgehead atoms. The van der Waals surface area contributed by atoms with E-state index in [1.54, 1.807) is 37.4 Å². The van der Waals surface area contributed by atoms with E-state index in [-0.39, 0.29) is 16.3 Å². The zero-order valence-electron chi connectivity index (χ0n) is 24.2. The Morgan fingerprint density at radius 2 is 1.57 bits per heavy atom. The maximum atomic E-state index is 12.7. The van der Waals surface area contributed by atoms with Crippen LogP contribution in [0.1, 0.15) is 31.9 Å². The molecule has 1 aliphatic rings. The number of halogens is 1. The van der Waals surface area contributed by atoms with Crippen molar-refractivity contribution in [1.29, 1.82) is 0 Å². The summed E-state index contributed by atoms with van der Waals surface area (Å²) in [4.78, 5) is 12.7. The van der Waals surface area contributed by atoms with Crippen LogP contribution in [0.5, 0.6) is 23.0 Å². The summed E-state index contributed by atoms with van der Waals surface area (Å²) < 4.78 is 22.4. The Hall–Kier alpha value is -4.62. The quantitative estimate of drug-likeness (QED) is 0.158. The van der Waals surface area contributed by atoms with Gasteiger partial charge in [0.25, 0.3) is 0 Å². The van der Waals surface area contributed by atoms with Crippen LogP contribution in [0.2, 0.25) is 5.02 Å². The second-order valence-corrected chi connectivity index (χ2v) is 10.9. The number of nitrogens with one attached hydrogen (secondary N) is 2. The summed E-state index contributed by atoms with van der Waals surface area (Å²) in [6, 6.07) is 24.1. The van der Waals surface area contributed by atoms with Gasteiger partial charge in [-0.05, 0) is 79.9 Å². The zero-order valence-corrected chi connectivity index (χ0v) is 25.0. The first kappa shape index (κ1) is 28.9. The van der Waals surface area contributed by atoms with Gasteiger partial charge in [0.05, 0.1) is 30.5 Å². The molecule has 0 saturated carbocycles. The van der Waals surface area contributed by atoms with E-state index in [9.17, 15) is 4.79 Å². The van der Waals surface area contributed by atoms with Crippen molar-refractivity contribution in [2.24, 2.45) is 0 Å². The molecular weight excluding hydrogens is 552 g/mol. The number of ether oxygens (including phenoxy) is 4. The van der Waals surface area contributed by atoms with Gasteiger partial charge in [0.2, 0.25) is 0 Å². The van der Waals surface area contributed by atoms with Gasteiger partial charge in [0, 0.05) is 23.4 Å². The molecule has 1 heterocycles. The predicted molar refractivity (Wildman–Crippen MR) is 168 cm³/mol. The number of rotatable bonds is 8. The predicted octanol–water partition coefficient (Wildman–Crippen LogP) is 8.82. The molecule has 0 aromatic heterocycles. The van der Waals surface area contributed by atoms with Crippen LogP contribution < -0.4 is 29.6 Å². The van der Waals surface area contributed by atoms with Gasteiger partial charge in [-0.25, -0.2) is 4.79 Å². The van der Waals surface area contributed by atoms with Crippen molar-refractivity contribution in [2.45, 2.75) is 32.9 Å². The summed E-state index contributed by atoms with van der Waals surface area (Å²) in [5.41, 5.74) is 6.53. The Bertz CT molecular complexity index is 1650. The van der Waals surface area contributed by atoms with Gasteiger partial charge >= 0.3 is 6.16 Å². The minimum atomic E-state index is -0.924. The molecular formula is C34H33ClN2O5. The average Bonchev–Trinajstić information content (AvgIpc) is 2.96. The van der Waals surface area contributed by atoms with Crippen LogP contribution in [-0.4, -0.2) is 25.9 Å². The largest absolute Gasteiger partial charge is 0.519 e. The van der Waals surface area contributed by atoms with Gasteiger partial charge in [-0.3, -0.25) is 0 Å². The molecule has 0 fully saturated rings. The van der Waals surface area contributed by atoms with E-state index < -0.39 is 6.16 Å².